The Hall–Kier alpha value is -2.23. The number of ether oxygens (including phenoxy) is 1. The van der Waals surface area contributed by atoms with Crippen molar-refractivity contribution < 1.29 is 4.74 Å². The molecule has 1 heterocycles. The molecule has 4 heteroatoms. The van der Waals surface area contributed by atoms with Gasteiger partial charge in [-0.05, 0) is 23.8 Å². The van der Waals surface area contributed by atoms with Crippen LogP contribution in [0, 0.1) is 0 Å². The summed E-state index contributed by atoms with van der Waals surface area (Å²) in [6.07, 6.45) is 1.48. The van der Waals surface area contributed by atoms with Crippen LogP contribution in [-0.4, -0.2) is 12.1 Å². The van der Waals surface area contributed by atoms with Gasteiger partial charge in [0.25, 0.3) is 5.56 Å². The first kappa shape index (κ1) is 10.3. The van der Waals surface area contributed by atoms with Crippen molar-refractivity contribution in [3.8, 4) is 16.9 Å². The van der Waals surface area contributed by atoms with Gasteiger partial charge in [-0.2, -0.15) is 0 Å². The highest BCUT2D eigenvalue weighted by atomic mass is 16.5. The third-order valence-electron chi connectivity index (χ3n) is 2.33. The molecule has 0 aliphatic carbocycles. The molecule has 0 atom stereocenters. The first-order valence-corrected chi connectivity index (χ1v) is 4.83. The van der Waals surface area contributed by atoms with Crippen molar-refractivity contribution in [2.75, 3.05) is 12.8 Å². The zero-order chi connectivity index (χ0) is 11.5. The van der Waals surface area contributed by atoms with Crippen molar-refractivity contribution in [2.45, 2.75) is 0 Å². The molecule has 82 valence electrons. The molecular formula is C12H12N2O2. The number of nitrogen functional groups attached to an aromatic ring is 1. The molecule has 0 radical (unpaired) electrons. The van der Waals surface area contributed by atoms with E-state index >= 15 is 0 Å². The Kier molecular flexibility index (Phi) is 2.64. The molecule has 4 nitrogen and oxygen atoms in total. The Morgan fingerprint density at radius 1 is 1.25 bits per heavy atom. The van der Waals surface area contributed by atoms with Crippen LogP contribution in [-0.2, 0) is 0 Å². The number of nitrogens with one attached hydrogen (secondary N) is 1. The van der Waals surface area contributed by atoms with E-state index in [1.165, 1.54) is 6.20 Å². The molecule has 0 amide bonds. The highest BCUT2D eigenvalue weighted by molar-refractivity contribution is 5.66. The number of anilines is 1. The van der Waals surface area contributed by atoms with Gasteiger partial charge in [0.1, 0.15) is 5.75 Å². The number of H-pyrrole nitrogens is 1. The summed E-state index contributed by atoms with van der Waals surface area (Å²) >= 11 is 0. The Bertz CT molecular complexity index is 544. The monoisotopic (exact) mass is 216 g/mol. The molecule has 0 unspecified atom stereocenters. The maximum atomic E-state index is 11.6. The van der Waals surface area contributed by atoms with Gasteiger partial charge in [0.05, 0.1) is 7.11 Å². The normalized spacial score (nSPS) is 10.1. The minimum absolute atomic E-state index is 0.153. The number of pyridine rings is 1. The summed E-state index contributed by atoms with van der Waals surface area (Å²) in [5.74, 6) is 0.754. The maximum Gasteiger partial charge on any atom is 0.255 e. The van der Waals surface area contributed by atoms with E-state index in [4.69, 9.17) is 10.5 Å². The van der Waals surface area contributed by atoms with Gasteiger partial charge in [-0.1, -0.05) is 12.1 Å². The lowest BCUT2D eigenvalue weighted by molar-refractivity contribution is 0.415. The number of aromatic nitrogens is 1. The van der Waals surface area contributed by atoms with Gasteiger partial charge in [0.15, 0.2) is 0 Å². The number of hydrogen-bond acceptors (Lipinski definition) is 3. The summed E-state index contributed by atoms with van der Waals surface area (Å²) < 4.78 is 5.05. The van der Waals surface area contributed by atoms with Crippen LogP contribution in [0.2, 0.25) is 0 Å². The zero-order valence-corrected chi connectivity index (χ0v) is 8.86. The van der Waals surface area contributed by atoms with Gasteiger partial charge in [-0.15, -0.1) is 0 Å². The number of benzene rings is 1. The molecule has 0 saturated carbocycles. The summed E-state index contributed by atoms with van der Waals surface area (Å²) in [5.41, 5.74) is 7.38. The quantitative estimate of drug-likeness (QED) is 0.801. The summed E-state index contributed by atoms with van der Waals surface area (Å²) in [6.45, 7) is 0. The van der Waals surface area contributed by atoms with E-state index in [0.29, 0.717) is 11.3 Å². The summed E-state index contributed by atoms with van der Waals surface area (Å²) in [4.78, 5) is 14.2. The minimum Gasteiger partial charge on any atom is -0.497 e. The number of rotatable bonds is 2. The van der Waals surface area contributed by atoms with Gasteiger partial charge in [0, 0.05) is 17.4 Å². The summed E-state index contributed by atoms with van der Waals surface area (Å²) in [5, 5.41) is 0. The Morgan fingerprint density at radius 3 is 2.56 bits per heavy atom. The highest BCUT2D eigenvalue weighted by Gasteiger charge is 2.03. The molecule has 0 aliphatic rings. The molecule has 0 fully saturated rings. The lowest BCUT2D eigenvalue weighted by Gasteiger charge is -2.03. The second-order valence-electron chi connectivity index (χ2n) is 3.40. The number of aromatic amines is 1. The van der Waals surface area contributed by atoms with Crippen LogP contribution in [0.1, 0.15) is 0 Å². The molecule has 0 saturated heterocycles. The molecule has 2 aromatic rings. The first-order chi connectivity index (χ1) is 7.70. The molecule has 16 heavy (non-hydrogen) atoms. The average molecular weight is 216 g/mol. The van der Waals surface area contributed by atoms with E-state index < -0.39 is 0 Å². The van der Waals surface area contributed by atoms with Crippen molar-refractivity contribution in [2.24, 2.45) is 0 Å². The van der Waals surface area contributed by atoms with Gasteiger partial charge in [0.2, 0.25) is 0 Å². The number of nitrogens with two attached hydrogens (primary N) is 1. The molecule has 2 rings (SSSR count). The smallest absolute Gasteiger partial charge is 0.255 e. The predicted molar refractivity (Wildman–Crippen MR) is 63.5 cm³/mol. The Balaban J connectivity index is 2.50. The van der Waals surface area contributed by atoms with E-state index in [-0.39, 0.29) is 5.56 Å². The van der Waals surface area contributed by atoms with Crippen molar-refractivity contribution in [1.29, 1.82) is 0 Å². The largest absolute Gasteiger partial charge is 0.497 e. The number of methoxy groups -OCH3 is 1. The fraction of sp³-hybridized carbons (Fsp3) is 0.0833. The SMILES string of the molecule is COc1ccc(-c2cc(N)c[nH]c2=O)cc1. The predicted octanol–water partition coefficient (Wildman–Crippen LogP) is 1.63. The first-order valence-electron chi connectivity index (χ1n) is 4.83. The fourth-order valence-electron chi connectivity index (χ4n) is 1.49. The average Bonchev–Trinajstić information content (AvgIpc) is 2.32. The standard InChI is InChI=1S/C12H12N2O2/c1-16-10-4-2-8(3-5-10)11-6-9(13)7-14-12(11)15/h2-7H,13H2,1H3,(H,14,15). The van der Waals surface area contributed by atoms with Crippen LogP contribution in [0.4, 0.5) is 5.69 Å². The second kappa shape index (κ2) is 4.10. The molecule has 1 aromatic heterocycles. The highest BCUT2D eigenvalue weighted by Crippen LogP contribution is 2.20. The van der Waals surface area contributed by atoms with Crippen LogP contribution >= 0.6 is 0 Å². The van der Waals surface area contributed by atoms with E-state index in [9.17, 15) is 4.79 Å². The third kappa shape index (κ3) is 1.91. The number of hydrogen-bond donors (Lipinski definition) is 2. The van der Waals surface area contributed by atoms with Crippen LogP contribution in [0.5, 0.6) is 5.75 Å². The van der Waals surface area contributed by atoms with E-state index in [1.807, 2.05) is 12.1 Å². The van der Waals surface area contributed by atoms with Gasteiger partial charge in [-0.3, -0.25) is 4.79 Å². The topological polar surface area (TPSA) is 68.1 Å². The van der Waals surface area contributed by atoms with Gasteiger partial charge < -0.3 is 15.5 Å². The van der Waals surface area contributed by atoms with Gasteiger partial charge in [-0.25, -0.2) is 0 Å². The van der Waals surface area contributed by atoms with Crippen LogP contribution in [0.15, 0.2) is 41.3 Å². The summed E-state index contributed by atoms with van der Waals surface area (Å²) in [6, 6.07) is 8.91. The van der Waals surface area contributed by atoms with Crippen molar-refractivity contribution in [1.82, 2.24) is 4.98 Å². The molecule has 3 N–H and O–H groups in total. The minimum atomic E-state index is -0.153. The molecular weight excluding hydrogens is 204 g/mol. The van der Waals surface area contributed by atoms with Crippen LogP contribution in [0.3, 0.4) is 0 Å². The van der Waals surface area contributed by atoms with Crippen molar-refractivity contribution in [3.63, 3.8) is 0 Å². The zero-order valence-electron chi connectivity index (χ0n) is 8.86. The molecule has 0 aliphatic heterocycles. The van der Waals surface area contributed by atoms with E-state index in [0.717, 1.165) is 11.3 Å². The van der Waals surface area contributed by atoms with Crippen molar-refractivity contribution >= 4 is 5.69 Å². The molecule has 0 spiro atoms. The fourth-order valence-corrected chi connectivity index (χ4v) is 1.49. The Labute approximate surface area is 92.7 Å². The van der Waals surface area contributed by atoms with Crippen LogP contribution in [0.25, 0.3) is 11.1 Å². The Morgan fingerprint density at radius 2 is 1.94 bits per heavy atom. The second-order valence-corrected chi connectivity index (χ2v) is 3.40. The van der Waals surface area contributed by atoms with Crippen molar-refractivity contribution in [3.05, 3.63) is 46.9 Å². The maximum absolute atomic E-state index is 11.6. The lowest BCUT2D eigenvalue weighted by Crippen LogP contribution is -2.08. The molecule has 0 bridgehead atoms. The third-order valence-corrected chi connectivity index (χ3v) is 2.33. The summed E-state index contributed by atoms with van der Waals surface area (Å²) in [7, 11) is 1.60. The van der Waals surface area contributed by atoms with Crippen LogP contribution < -0.4 is 16.0 Å². The van der Waals surface area contributed by atoms with E-state index in [1.54, 1.807) is 25.3 Å². The lowest BCUT2D eigenvalue weighted by atomic mass is 10.1. The molecule has 1 aromatic carbocycles. The van der Waals surface area contributed by atoms with Gasteiger partial charge >= 0.3 is 0 Å². The van der Waals surface area contributed by atoms with E-state index in [2.05, 4.69) is 4.98 Å².